The molecular formula is C20H29IN2O. The van der Waals surface area contributed by atoms with Crippen LogP contribution in [0, 0.1) is 11.8 Å². The van der Waals surface area contributed by atoms with Crippen molar-refractivity contribution in [3.8, 4) is 0 Å². The number of likely N-dealkylation sites (tertiary alicyclic amines) is 1. The number of fused-ring (bicyclic) bond motifs is 4. The van der Waals surface area contributed by atoms with Gasteiger partial charge in [0.05, 0.1) is 26.2 Å². The van der Waals surface area contributed by atoms with Crippen molar-refractivity contribution >= 4 is 5.91 Å². The lowest BCUT2D eigenvalue weighted by atomic mass is 9.58. The number of carbonyl (C=O) groups excluding carboxylic acids is 1. The minimum absolute atomic E-state index is 0. The lowest BCUT2D eigenvalue weighted by molar-refractivity contribution is -0.946. The Morgan fingerprint density at radius 1 is 1.38 bits per heavy atom. The van der Waals surface area contributed by atoms with Crippen LogP contribution in [-0.4, -0.2) is 36.6 Å². The lowest BCUT2D eigenvalue weighted by Crippen LogP contribution is -3.00. The molecule has 132 valence electrons. The van der Waals surface area contributed by atoms with E-state index in [1.165, 1.54) is 48.0 Å². The average Bonchev–Trinajstić information content (AvgIpc) is 3.31. The lowest BCUT2D eigenvalue weighted by Gasteiger charge is -2.58. The summed E-state index contributed by atoms with van der Waals surface area (Å²) >= 11 is 0. The Morgan fingerprint density at radius 3 is 2.71 bits per heavy atom. The van der Waals surface area contributed by atoms with Gasteiger partial charge in [0.1, 0.15) is 0 Å². The molecule has 1 heterocycles. The van der Waals surface area contributed by atoms with E-state index in [4.69, 9.17) is 5.73 Å². The van der Waals surface area contributed by atoms with Crippen molar-refractivity contribution in [1.82, 2.24) is 0 Å². The maximum Gasteiger partial charge on any atom is 0.248 e. The fraction of sp³-hybridized carbons (Fsp3) is 0.650. The van der Waals surface area contributed by atoms with Crippen molar-refractivity contribution in [3.63, 3.8) is 0 Å². The molecule has 1 aromatic rings. The number of primary amides is 1. The molecule has 4 heteroatoms. The van der Waals surface area contributed by atoms with Gasteiger partial charge >= 0.3 is 0 Å². The molecular weight excluding hydrogens is 411 g/mol. The van der Waals surface area contributed by atoms with Gasteiger partial charge in [-0.2, -0.15) is 0 Å². The summed E-state index contributed by atoms with van der Waals surface area (Å²) < 4.78 is 1.25. The minimum atomic E-state index is -0.309. The van der Waals surface area contributed by atoms with Crippen molar-refractivity contribution < 1.29 is 33.3 Å². The van der Waals surface area contributed by atoms with E-state index in [9.17, 15) is 4.79 Å². The SMILES string of the molecule is C[C@H]1C2Cc3ccc(C(N)=O)cc3[C@@]1(C)CC[N@@+]2(C)CC1CC1.[I-]. The number of piperidine rings is 1. The zero-order valence-electron chi connectivity index (χ0n) is 15.0. The molecule has 0 radical (unpaired) electrons. The van der Waals surface area contributed by atoms with Crippen LogP contribution in [0.4, 0.5) is 0 Å². The topological polar surface area (TPSA) is 43.1 Å². The molecule has 3 aliphatic rings. The molecule has 4 rings (SSSR count). The molecule has 1 unspecified atom stereocenters. The van der Waals surface area contributed by atoms with Gasteiger partial charge in [0.25, 0.3) is 0 Å². The fourth-order valence-corrected chi connectivity index (χ4v) is 5.40. The van der Waals surface area contributed by atoms with Crippen LogP contribution in [0.5, 0.6) is 0 Å². The van der Waals surface area contributed by atoms with Crippen molar-refractivity contribution in [3.05, 3.63) is 34.9 Å². The number of quaternary nitrogens is 1. The number of halogens is 1. The maximum atomic E-state index is 11.6. The molecule has 0 spiro atoms. The van der Waals surface area contributed by atoms with E-state index in [1.807, 2.05) is 6.07 Å². The summed E-state index contributed by atoms with van der Waals surface area (Å²) in [6, 6.07) is 6.88. The molecule has 4 atom stereocenters. The van der Waals surface area contributed by atoms with Crippen LogP contribution in [0.1, 0.15) is 54.6 Å². The Balaban J connectivity index is 0.00000169. The zero-order chi connectivity index (χ0) is 16.4. The number of nitrogens with two attached hydrogens (primary N) is 1. The van der Waals surface area contributed by atoms with Crippen LogP contribution < -0.4 is 29.7 Å². The molecule has 1 aromatic carbocycles. The Hall–Kier alpha value is -0.620. The first kappa shape index (κ1) is 18.2. The number of likely N-dealkylation sites (N-methyl/N-ethyl adjacent to an activating group) is 1. The van der Waals surface area contributed by atoms with E-state index in [-0.39, 0.29) is 35.3 Å². The molecule has 3 nitrogen and oxygen atoms in total. The first-order valence-corrected chi connectivity index (χ1v) is 9.11. The summed E-state index contributed by atoms with van der Waals surface area (Å²) in [6.07, 6.45) is 5.23. The summed E-state index contributed by atoms with van der Waals surface area (Å²) in [5.41, 5.74) is 9.19. The second-order valence-electron chi connectivity index (χ2n) is 8.79. The van der Waals surface area contributed by atoms with Crippen LogP contribution in [0.15, 0.2) is 18.2 Å². The van der Waals surface area contributed by atoms with Crippen LogP contribution in [0.25, 0.3) is 0 Å². The number of hydrogen-bond donors (Lipinski definition) is 1. The van der Waals surface area contributed by atoms with Crippen molar-refractivity contribution in [2.75, 3.05) is 20.1 Å². The average molecular weight is 440 g/mol. The van der Waals surface area contributed by atoms with Gasteiger partial charge in [0.15, 0.2) is 0 Å². The Bertz CT molecular complexity index is 672. The highest BCUT2D eigenvalue weighted by Gasteiger charge is 2.55. The molecule has 1 saturated heterocycles. The Kier molecular flexibility index (Phi) is 4.53. The van der Waals surface area contributed by atoms with Crippen LogP contribution >= 0.6 is 0 Å². The van der Waals surface area contributed by atoms with Crippen LogP contribution in [-0.2, 0) is 11.8 Å². The summed E-state index contributed by atoms with van der Waals surface area (Å²) in [6.45, 7) is 7.48. The molecule has 2 fully saturated rings. The number of amides is 1. The van der Waals surface area contributed by atoms with E-state index in [0.29, 0.717) is 17.5 Å². The molecule has 1 saturated carbocycles. The number of carbonyl (C=O) groups is 1. The number of nitrogens with zero attached hydrogens (tertiary/aromatic N) is 1. The van der Waals surface area contributed by atoms with Gasteiger partial charge in [-0.3, -0.25) is 4.79 Å². The molecule has 2 N–H and O–H groups in total. The van der Waals surface area contributed by atoms with E-state index in [1.54, 1.807) is 0 Å². The largest absolute Gasteiger partial charge is 1.00 e. The second kappa shape index (κ2) is 5.97. The molecule has 24 heavy (non-hydrogen) atoms. The number of rotatable bonds is 3. The Morgan fingerprint density at radius 2 is 2.08 bits per heavy atom. The molecule has 1 aliphatic heterocycles. The molecule has 1 amide bonds. The highest BCUT2D eigenvalue weighted by Crippen LogP contribution is 2.51. The van der Waals surface area contributed by atoms with E-state index < -0.39 is 0 Å². The standard InChI is InChI=1S/C20H28N2O.HI/c1-13-18-11-15-6-7-16(19(21)23)10-17(15)20(13,2)8-9-22(18,3)12-14-4-5-14;/h6-7,10,13-14,18H,4-5,8-9,11-12H2,1-3H3,(H-,21,23);1H/t13-,18?,20-,22-;/m0./s1. The smallest absolute Gasteiger partial charge is 0.248 e. The van der Waals surface area contributed by atoms with Gasteiger partial charge in [-0.25, -0.2) is 0 Å². The quantitative estimate of drug-likeness (QED) is 0.517. The summed E-state index contributed by atoms with van der Waals surface area (Å²) in [7, 11) is 2.49. The van der Waals surface area contributed by atoms with E-state index in [0.717, 1.165) is 12.3 Å². The van der Waals surface area contributed by atoms with Crippen molar-refractivity contribution in [2.45, 2.75) is 51.0 Å². The summed E-state index contributed by atoms with van der Waals surface area (Å²) in [5, 5.41) is 0. The Labute approximate surface area is 162 Å². The normalized spacial score (nSPS) is 37.3. The molecule has 0 aromatic heterocycles. The van der Waals surface area contributed by atoms with Gasteiger partial charge in [-0.15, -0.1) is 0 Å². The second-order valence-corrected chi connectivity index (χ2v) is 8.79. The third-order valence-corrected chi connectivity index (χ3v) is 7.34. The van der Waals surface area contributed by atoms with Crippen molar-refractivity contribution in [2.24, 2.45) is 17.6 Å². The first-order valence-electron chi connectivity index (χ1n) is 9.11. The van der Waals surface area contributed by atoms with Gasteiger partial charge in [0, 0.05) is 35.7 Å². The third kappa shape index (κ3) is 2.70. The summed E-state index contributed by atoms with van der Waals surface area (Å²) in [4.78, 5) is 11.6. The highest BCUT2D eigenvalue weighted by molar-refractivity contribution is 5.93. The predicted molar refractivity (Wildman–Crippen MR) is 92.2 cm³/mol. The summed E-state index contributed by atoms with van der Waals surface area (Å²) in [5.74, 6) is 1.31. The number of benzene rings is 1. The molecule has 2 aliphatic carbocycles. The van der Waals surface area contributed by atoms with Crippen LogP contribution in [0.2, 0.25) is 0 Å². The fourth-order valence-electron chi connectivity index (χ4n) is 5.40. The van der Waals surface area contributed by atoms with Gasteiger partial charge in [-0.1, -0.05) is 19.9 Å². The highest BCUT2D eigenvalue weighted by atomic mass is 127. The minimum Gasteiger partial charge on any atom is -1.00 e. The monoisotopic (exact) mass is 440 g/mol. The third-order valence-electron chi connectivity index (χ3n) is 7.34. The van der Waals surface area contributed by atoms with Crippen LogP contribution in [0.3, 0.4) is 0 Å². The van der Waals surface area contributed by atoms with Gasteiger partial charge < -0.3 is 34.2 Å². The van der Waals surface area contributed by atoms with Crippen molar-refractivity contribution in [1.29, 1.82) is 0 Å². The predicted octanol–water partition coefficient (Wildman–Crippen LogP) is -0.132. The number of hydrogen-bond acceptors (Lipinski definition) is 1. The molecule has 2 bridgehead atoms. The van der Waals surface area contributed by atoms with Gasteiger partial charge in [0.2, 0.25) is 5.91 Å². The first-order chi connectivity index (χ1) is 10.8. The van der Waals surface area contributed by atoms with E-state index in [2.05, 4.69) is 33.0 Å². The van der Waals surface area contributed by atoms with Gasteiger partial charge in [-0.05, 0) is 36.1 Å². The maximum absolute atomic E-state index is 11.6. The van der Waals surface area contributed by atoms with E-state index >= 15 is 0 Å². The zero-order valence-corrected chi connectivity index (χ0v) is 17.2.